The molecule has 0 aliphatic carbocycles. The highest BCUT2D eigenvalue weighted by molar-refractivity contribution is 5.95. The van der Waals surface area contributed by atoms with Crippen LogP contribution in [0.25, 0.3) is 0 Å². The Kier molecular flexibility index (Phi) is 5.53. The second kappa shape index (κ2) is 8.01. The quantitative estimate of drug-likeness (QED) is 0.858. The maximum Gasteiger partial charge on any atom is 0.253 e. The number of primary amides is 1. The van der Waals surface area contributed by atoms with E-state index in [-0.39, 0.29) is 18.6 Å². The number of ether oxygens (including phenoxy) is 1. The van der Waals surface area contributed by atoms with Crippen molar-refractivity contribution < 1.29 is 14.3 Å². The molecule has 2 aromatic carbocycles. The minimum absolute atomic E-state index is 0.0143. The number of rotatable bonds is 5. The predicted octanol–water partition coefficient (Wildman–Crippen LogP) is 1.93. The van der Waals surface area contributed by atoms with E-state index in [0.29, 0.717) is 23.4 Å². The van der Waals surface area contributed by atoms with Crippen LogP contribution in [0.5, 0.6) is 5.75 Å². The first-order valence-electron chi connectivity index (χ1n) is 8.70. The highest BCUT2D eigenvalue weighted by atomic mass is 16.5. The number of piperidine rings is 1. The number of nitrogens with zero attached hydrogens (tertiary/aromatic N) is 1. The molecule has 1 aliphatic heterocycles. The molecule has 6 nitrogen and oxygen atoms in total. The highest BCUT2D eigenvalue weighted by Crippen LogP contribution is 2.20. The fraction of sp³-hybridized carbons (Fsp3) is 0.300. The molecule has 1 atom stereocenters. The number of nitrogens with two attached hydrogens (primary N) is 2. The van der Waals surface area contributed by atoms with Crippen LogP contribution in [0.4, 0.5) is 0 Å². The van der Waals surface area contributed by atoms with Gasteiger partial charge in [-0.25, -0.2) is 0 Å². The van der Waals surface area contributed by atoms with E-state index in [9.17, 15) is 9.59 Å². The summed E-state index contributed by atoms with van der Waals surface area (Å²) in [5.41, 5.74) is 13.1. The summed E-state index contributed by atoms with van der Waals surface area (Å²) in [6.45, 7) is 1.57. The van der Waals surface area contributed by atoms with Crippen molar-refractivity contribution in [2.45, 2.75) is 25.5 Å². The molecule has 0 aromatic heterocycles. The number of para-hydroxylation sites is 1. The Morgan fingerprint density at radius 1 is 1.15 bits per heavy atom. The van der Waals surface area contributed by atoms with Crippen LogP contribution in [-0.2, 0) is 6.61 Å². The summed E-state index contributed by atoms with van der Waals surface area (Å²) in [6, 6.07) is 14.2. The Labute approximate surface area is 152 Å². The number of likely N-dealkylation sites (tertiary alicyclic amines) is 1. The SMILES string of the molecule is NC(=O)c1ccccc1OCc1cccc(C(=O)N2CCC[C@H](N)C2)c1. The molecule has 0 radical (unpaired) electrons. The van der Waals surface area contributed by atoms with Crippen LogP contribution >= 0.6 is 0 Å². The lowest BCUT2D eigenvalue weighted by Gasteiger charge is -2.30. The van der Waals surface area contributed by atoms with Gasteiger partial charge in [-0.3, -0.25) is 9.59 Å². The van der Waals surface area contributed by atoms with E-state index in [1.165, 1.54) is 0 Å². The van der Waals surface area contributed by atoms with Gasteiger partial charge in [-0.1, -0.05) is 24.3 Å². The van der Waals surface area contributed by atoms with Gasteiger partial charge in [0.25, 0.3) is 11.8 Å². The van der Waals surface area contributed by atoms with Crippen molar-refractivity contribution in [1.29, 1.82) is 0 Å². The monoisotopic (exact) mass is 353 g/mol. The average molecular weight is 353 g/mol. The van der Waals surface area contributed by atoms with Crippen molar-refractivity contribution >= 4 is 11.8 Å². The number of benzene rings is 2. The summed E-state index contributed by atoms with van der Waals surface area (Å²) in [5, 5.41) is 0. The zero-order valence-electron chi connectivity index (χ0n) is 14.6. The molecule has 2 aromatic rings. The Hall–Kier alpha value is -2.86. The van der Waals surface area contributed by atoms with Crippen molar-refractivity contribution in [3.05, 3.63) is 65.2 Å². The summed E-state index contributed by atoms with van der Waals surface area (Å²) in [6.07, 6.45) is 1.89. The van der Waals surface area contributed by atoms with Crippen LogP contribution in [-0.4, -0.2) is 35.8 Å². The maximum absolute atomic E-state index is 12.7. The second-order valence-electron chi connectivity index (χ2n) is 6.50. The van der Waals surface area contributed by atoms with Gasteiger partial charge in [-0.2, -0.15) is 0 Å². The smallest absolute Gasteiger partial charge is 0.253 e. The van der Waals surface area contributed by atoms with Gasteiger partial charge in [0.2, 0.25) is 0 Å². The van der Waals surface area contributed by atoms with Crippen LogP contribution in [0.1, 0.15) is 39.1 Å². The number of carbonyl (C=O) groups is 2. The Bertz CT molecular complexity index is 806. The largest absolute Gasteiger partial charge is 0.488 e. The zero-order chi connectivity index (χ0) is 18.5. The minimum atomic E-state index is -0.536. The van der Waals surface area contributed by atoms with Gasteiger partial charge in [0.15, 0.2) is 0 Å². The third-order valence-electron chi connectivity index (χ3n) is 4.47. The first kappa shape index (κ1) is 17.9. The summed E-state index contributed by atoms with van der Waals surface area (Å²) < 4.78 is 5.74. The van der Waals surface area contributed by atoms with Crippen LogP contribution in [0, 0.1) is 0 Å². The van der Waals surface area contributed by atoms with E-state index < -0.39 is 5.91 Å². The molecule has 1 heterocycles. The molecule has 136 valence electrons. The number of carbonyl (C=O) groups excluding carboxylic acids is 2. The van der Waals surface area contributed by atoms with Gasteiger partial charge >= 0.3 is 0 Å². The average Bonchev–Trinajstić information content (AvgIpc) is 2.66. The van der Waals surface area contributed by atoms with E-state index in [1.54, 1.807) is 35.2 Å². The minimum Gasteiger partial charge on any atom is -0.488 e. The molecular formula is C20H23N3O3. The molecule has 1 fully saturated rings. The van der Waals surface area contributed by atoms with Crippen LogP contribution in [0.3, 0.4) is 0 Å². The van der Waals surface area contributed by atoms with E-state index in [1.807, 2.05) is 18.2 Å². The van der Waals surface area contributed by atoms with Crippen molar-refractivity contribution in [2.24, 2.45) is 11.5 Å². The molecule has 26 heavy (non-hydrogen) atoms. The van der Waals surface area contributed by atoms with Crippen molar-refractivity contribution in [3.63, 3.8) is 0 Å². The molecule has 0 spiro atoms. The van der Waals surface area contributed by atoms with Crippen molar-refractivity contribution in [3.8, 4) is 5.75 Å². The number of amides is 2. The van der Waals surface area contributed by atoms with Gasteiger partial charge in [-0.05, 0) is 42.7 Å². The van der Waals surface area contributed by atoms with Crippen molar-refractivity contribution in [2.75, 3.05) is 13.1 Å². The summed E-state index contributed by atoms with van der Waals surface area (Å²) in [4.78, 5) is 25.9. The van der Waals surface area contributed by atoms with Gasteiger partial charge in [-0.15, -0.1) is 0 Å². The molecule has 0 saturated carbocycles. The molecule has 1 saturated heterocycles. The molecule has 0 unspecified atom stereocenters. The Morgan fingerprint density at radius 2 is 1.96 bits per heavy atom. The first-order valence-corrected chi connectivity index (χ1v) is 8.70. The van der Waals surface area contributed by atoms with Crippen LogP contribution in [0.15, 0.2) is 48.5 Å². The molecule has 3 rings (SSSR count). The first-order chi connectivity index (χ1) is 12.5. The third kappa shape index (κ3) is 4.21. The van der Waals surface area contributed by atoms with Crippen LogP contribution < -0.4 is 16.2 Å². The molecule has 2 amide bonds. The second-order valence-corrected chi connectivity index (χ2v) is 6.50. The highest BCUT2D eigenvalue weighted by Gasteiger charge is 2.22. The summed E-state index contributed by atoms with van der Waals surface area (Å²) in [5.74, 6) is -0.121. The Balaban J connectivity index is 1.70. The third-order valence-corrected chi connectivity index (χ3v) is 4.47. The molecule has 6 heteroatoms. The van der Waals surface area contributed by atoms with E-state index in [4.69, 9.17) is 16.2 Å². The van der Waals surface area contributed by atoms with E-state index in [2.05, 4.69) is 0 Å². The number of hydrogen-bond acceptors (Lipinski definition) is 4. The normalized spacial score (nSPS) is 17.0. The molecule has 4 N–H and O–H groups in total. The molecule has 1 aliphatic rings. The topological polar surface area (TPSA) is 98.7 Å². The standard InChI is InChI=1S/C20H23N3O3/c21-16-7-4-10-23(12-16)20(25)15-6-3-5-14(11-15)13-26-18-9-2-1-8-17(18)19(22)24/h1-3,5-6,8-9,11,16H,4,7,10,12-13,21H2,(H2,22,24)/t16-/m0/s1. The fourth-order valence-electron chi connectivity index (χ4n) is 3.13. The number of hydrogen-bond donors (Lipinski definition) is 2. The predicted molar refractivity (Wildman–Crippen MR) is 98.8 cm³/mol. The molecular weight excluding hydrogens is 330 g/mol. The lowest BCUT2D eigenvalue weighted by molar-refractivity contribution is 0.0708. The summed E-state index contributed by atoms with van der Waals surface area (Å²) >= 11 is 0. The van der Waals surface area contributed by atoms with Gasteiger partial charge in [0, 0.05) is 24.7 Å². The summed E-state index contributed by atoms with van der Waals surface area (Å²) in [7, 11) is 0. The Morgan fingerprint density at radius 3 is 2.73 bits per heavy atom. The van der Waals surface area contributed by atoms with Gasteiger partial charge in [0.1, 0.15) is 12.4 Å². The van der Waals surface area contributed by atoms with Gasteiger partial charge in [0.05, 0.1) is 5.56 Å². The van der Waals surface area contributed by atoms with Gasteiger partial charge < -0.3 is 21.1 Å². The van der Waals surface area contributed by atoms with Crippen molar-refractivity contribution in [1.82, 2.24) is 4.90 Å². The maximum atomic E-state index is 12.7. The lowest BCUT2D eigenvalue weighted by Crippen LogP contribution is -2.45. The lowest BCUT2D eigenvalue weighted by atomic mass is 10.0. The fourth-order valence-corrected chi connectivity index (χ4v) is 3.13. The zero-order valence-corrected chi connectivity index (χ0v) is 14.6. The van der Waals surface area contributed by atoms with E-state index in [0.717, 1.165) is 24.9 Å². The molecule has 0 bridgehead atoms. The van der Waals surface area contributed by atoms with Crippen LogP contribution in [0.2, 0.25) is 0 Å². The van der Waals surface area contributed by atoms with E-state index >= 15 is 0 Å².